The molecule has 0 aliphatic heterocycles. The first-order chi connectivity index (χ1) is 8.56. The lowest BCUT2D eigenvalue weighted by Gasteiger charge is -2.07. The number of aromatic hydroxyl groups is 1. The van der Waals surface area contributed by atoms with Gasteiger partial charge in [0.1, 0.15) is 5.75 Å². The van der Waals surface area contributed by atoms with Gasteiger partial charge in [0, 0.05) is 15.2 Å². The van der Waals surface area contributed by atoms with Gasteiger partial charge >= 0.3 is 0 Å². The first-order valence-electron chi connectivity index (χ1n) is 5.12. The molecule has 2 aromatic rings. The molecule has 0 heterocycles. The molecule has 0 atom stereocenters. The number of carbonyl (C=O) groups excluding carboxylic acids is 1. The van der Waals surface area contributed by atoms with E-state index >= 15 is 0 Å². The molecule has 0 unspecified atom stereocenters. The van der Waals surface area contributed by atoms with Crippen molar-refractivity contribution in [1.29, 1.82) is 0 Å². The van der Waals surface area contributed by atoms with Crippen molar-refractivity contribution >= 4 is 39.1 Å². The van der Waals surface area contributed by atoms with Crippen LogP contribution < -0.4 is 5.32 Å². The number of hydrogen-bond acceptors (Lipinski definition) is 2. The van der Waals surface area contributed by atoms with Gasteiger partial charge in [-0.15, -0.1) is 0 Å². The van der Waals surface area contributed by atoms with Crippen molar-refractivity contribution in [2.24, 2.45) is 0 Å². The van der Waals surface area contributed by atoms with Gasteiger partial charge in [-0.25, -0.2) is 0 Å². The average Bonchev–Trinajstić information content (AvgIpc) is 2.35. The van der Waals surface area contributed by atoms with Crippen molar-refractivity contribution in [3.05, 3.63) is 57.5 Å². The number of phenols is 1. The van der Waals surface area contributed by atoms with E-state index in [1.165, 1.54) is 12.1 Å². The third kappa shape index (κ3) is 3.03. The van der Waals surface area contributed by atoms with Gasteiger partial charge in [0.05, 0.1) is 5.56 Å². The summed E-state index contributed by atoms with van der Waals surface area (Å²) in [6, 6.07) is 11.2. The molecule has 0 bridgehead atoms. The molecule has 2 N–H and O–H groups in total. The van der Waals surface area contributed by atoms with Gasteiger partial charge in [0.2, 0.25) is 0 Å². The second-order valence-corrected chi connectivity index (χ2v) is 4.92. The number of anilines is 1. The lowest BCUT2D eigenvalue weighted by atomic mass is 10.2. The monoisotopic (exact) mass is 325 g/mol. The van der Waals surface area contributed by atoms with E-state index in [9.17, 15) is 4.79 Å². The van der Waals surface area contributed by atoms with Crippen molar-refractivity contribution in [3.8, 4) is 5.75 Å². The smallest absolute Gasteiger partial charge is 0.256 e. The molecule has 3 nitrogen and oxygen atoms in total. The summed E-state index contributed by atoms with van der Waals surface area (Å²) in [5.74, 6) is -0.119. The summed E-state index contributed by atoms with van der Waals surface area (Å²) in [4.78, 5) is 12.0. The molecule has 0 saturated heterocycles. The highest BCUT2D eigenvalue weighted by molar-refractivity contribution is 9.10. The minimum atomic E-state index is -0.268. The molecule has 0 aliphatic carbocycles. The Labute approximate surface area is 118 Å². The van der Waals surface area contributed by atoms with Crippen LogP contribution in [0.15, 0.2) is 46.9 Å². The summed E-state index contributed by atoms with van der Waals surface area (Å²) < 4.78 is 0.670. The largest absolute Gasteiger partial charge is 0.508 e. The normalized spacial score (nSPS) is 10.1. The molecule has 1 amide bonds. The quantitative estimate of drug-likeness (QED) is 0.818. The molecular formula is C13H9BrClNO2. The summed E-state index contributed by atoms with van der Waals surface area (Å²) in [6.07, 6.45) is 0. The number of hydrogen-bond donors (Lipinski definition) is 2. The maximum atomic E-state index is 12.0. The Kier molecular flexibility index (Phi) is 3.89. The number of benzene rings is 2. The predicted molar refractivity (Wildman–Crippen MR) is 75.2 cm³/mol. The van der Waals surface area contributed by atoms with Crippen LogP contribution in [0.3, 0.4) is 0 Å². The van der Waals surface area contributed by atoms with Crippen molar-refractivity contribution < 1.29 is 9.90 Å². The predicted octanol–water partition coefficient (Wildman–Crippen LogP) is 4.06. The number of carbonyl (C=O) groups is 1. The van der Waals surface area contributed by atoms with Gasteiger partial charge in [-0.3, -0.25) is 4.79 Å². The zero-order valence-corrected chi connectivity index (χ0v) is 11.5. The van der Waals surface area contributed by atoms with Gasteiger partial charge in [-0.05, 0) is 58.4 Å². The number of phenolic OH excluding ortho intramolecular Hbond substituents is 1. The van der Waals surface area contributed by atoms with E-state index in [2.05, 4.69) is 21.2 Å². The number of rotatable bonds is 2. The van der Waals surface area contributed by atoms with E-state index in [1.54, 1.807) is 30.3 Å². The molecule has 0 spiro atoms. The van der Waals surface area contributed by atoms with Crippen LogP contribution in [0.2, 0.25) is 5.02 Å². The van der Waals surface area contributed by atoms with Crippen LogP contribution in [0.5, 0.6) is 5.75 Å². The summed E-state index contributed by atoms with van der Waals surface area (Å²) in [5, 5.41) is 12.4. The molecule has 18 heavy (non-hydrogen) atoms. The fourth-order valence-corrected chi connectivity index (χ4v) is 2.01. The molecule has 0 radical (unpaired) electrons. The second kappa shape index (κ2) is 5.42. The Morgan fingerprint density at radius 2 is 1.83 bits per heavy atom. The number of halogens is 2. The third-order valence-electron chi connectivity index (χ3n) is 2.30. The van der Waals surface area contributed by atoms with Crippen molar-refractivity contribution in [1.82, 2.24) is 0 Å². The number of nitrogens with one attached hydrogen (secondary N) is 1. The summed E-state index contributed by atoms with van der Waals surface area (Å²) in [6.45, 7) is 0. The molecular weight excluding hydrogens is 318 g/mol. The molecule has 5 heteroatoms. The average molecular weight is 327 g/mol. The van der Waals surface area contributed by atoms with Crippen molar-refractivity contribution in [2.45, 2.75) is 0 Å². The summed E-state index contributed by atoms with van der Waals surface area (Å²) in [5.41, 5.74) is 1.06. The lowest BCUT2D eigenvalue weighted by Crippen LogP contribution is -2.12. The van der Waals surface area contributed by atoms with Crippen LogP contribution in [-0.2, 0) is 0 Å². The Hall–Kier alpha value is -1.52. The van der Waals surface area contributed by atoms with E-state index in [0.29, 0.717) is 20.7 Å². The molecule has 0 fully saturated rings. The fraction of sp³-hybridized carbons (Fsp3) is 0. The molecule has 0 saturated carbocycles. The van der Waals surface area contributed by atoms with Gasteiger partial charge in [-0.2, -0.15) is 0 Å². The zero-order valence-electron chi connectivity index (χ0n) is 9.15. The Morgan fingerprint density at radius 1 is 1.17 bits per heavy atom. The van der Waals surface area contributed by atoms with Crippen LogP contribution in [-0.4, -0.2) is 11.0 Å². The van der Waals surface area contributed by atoms with E-state index in [1.807, 2.05) is 0 Å². The van der Waals surface area contributed by atoms with Crippen molar-refractivity contribution in [2.75, 3.05) is 5.32 Å². The first-order valence-corrected chi connectivity index (χ1v) is 6.29. The SMILES string of the molecule is O=C(Nc1ccc(O)cc1)c1cc(Cl)ccc1Br. The summed E-state index contributed by atoms with van der Waals surface area (Å²) in [7, 11) is 0. The molecule has 0 aromatic heterocycles. The highest BCUT2D eigenvalue weighted by atomic mass is 79.9. The maximum Gasteiger partial charge on any atom is 0.256 e. The topological polar surface area (TPSA) is 49.3 Å². The number of amides is 1. The lowest BCUT2D eigenvalue weighted by molar-refractivity contribution is 0.102. The van der Waals surface area contributed by atoms with Crippen LogP contribution in [0.1, 0.15) is 10.4 Å². The Balaban J connectivity index is 2.21. The second-order valence-electron chi connectivity index (χ2n) is 3.63. The molecule has 92 valence electrons. The van der Waals surface area contributed by atoms with E-state index in [4.69, 9.17) is 16.7 Å². The Bertz CT molecular complexity index is 584. The highest BCUT2D eigenvalue weighted by Crippen LogP contribution is 2.22. The van der Waals surface area contributed by atoms with E-state index in [-0.39, 0.29) is 11.7 Å². The van der Waals surface area contributed by atoms with Crippen LogP contribution >= 0.6 is 27.5 Å². The zero-order chi connectivity index (χ0) is 13.1. The van der Waals surface area contributed by atoms with Gasteiger partial charge in [0.15, 0.2) is 0 Å². The Morgan fingerprint density at radius 3 is 2.50 bits per heavy atom. The highest BCUT2D eigenvalue weighted by Gasteiger charge is 2.10. The molecule has 2 rings (SSSR count). The van der Waals surface area contributed by atoms with Crippen LogP contribution in [0.4, 0.5) is 5.69 Å². The fourth-order valence-electron chi connectivity index (χ4n) is 1.41. The minimum absolute atomic E-state index is 0.150. The van der Waals surface area contributed by atoms with E-state index in [0.717, 1.165) is 0 Å². The molecule has 0 aliphatic rings. The molecule has 2 aromatic carbocycles. The van der Waals surface area contributed by atoms with Crippen LogP contribution in [0, 0.1) is 0 Å². The van der Waals surface area contributed by atoms with E-state index < -0.39 is 0 Å². The third-order valence-corrected chi connectivity index (χ3v) is 3.22. The van der Waals surface area contributed by atoms with Gasteiger partial charge in [-0.1, -0.05) is 11.6 Å². The first kappa shape index (κ1) is 12.9. The summed E-state index contributed by atoms with van der Waals surface area (Å²) >= 11 is 9.15. The minimum Gasteiger partial charge on any atom is -0.508 e. The maximum absolute atomic E-state index is 12.0. The van der Waals surface area contributed by atoms with Gasteiger partial charge < -0.3 is 10.4 Å². The van der Waals surface area contributed by atoms with Crippen LogP contribution in [0.25, 0.3) is 0 Å². The van der Waals surface area contributed by atoms with Gasteiger partial charge in [0.25, 0.3) is 5.91 Å². The van der Waals surface area contributed by atoms with Crippen molar-refractivity contribution in [3.63, 3.8) is 0 Å². The standard InChI is InChI=1S/C13H9BrClNO2/c14-12-6-1-8(15)7-11(12)13(18)16-9-2-4-10(17)5-3-9/h1-7,17H,(H,16,18).